The Morgan fingerprint density at radius 2 is 1.75 bits per heavy atom. The van der Waals surface area contributed by atoms with Gasteiger partial charge in [-0.25, -0.2) is 4.79 Å². The molecule has 0 N–H and O–H groups in total. The third kappa shape index (κ3) is 3.22. The zero-order chi connectivity index (χ0) is 12.0. The van der Waals surface area contributed by atoms with Gasteiger partial charge in [0.1, 0.15) is 0 Å². The fourth-order valence-corrected chi connectivity index (χ4v) is 1.84. The second-order valence-electron chi connectivity index (χ2n) is 3.77. The number of carbonyl (C=O) groups excluding carboxylic acids is 2. The highest BCUT2D eigenvalue weighted by Crippen LogP contribution is 2.23. The highest BCUT2D eigenvalue weighted by Gasteiger charge is 2.26. The van der Waals surface area contributed by atoms with Crippen molar-refractivity contribution in [2.45, 2.75) is 38.1 Å². The number of amides is 1. The molecule has 0 atom stereocenters. The lowest BCUT2D eigenvalue weighted by molar-refractivity contribution is -0.202. The van der Waals surface area contributed by atoms with Gasteiger partial charge in [-0.1, -0.05) is 32.4 Å². The maximum Gasteiger partial charge on any atom is 0.355 e. The molecule has 0 radical (unpaired) electrons. The van der Waals surface area contributed by atoms with Crippen LogP contribution in [0.25, 0.3) is 0 Å². The molecule has 0 bridgehead atoms. The van der Waals surface area contributed by atoms with Gasteiger partial charge in [0, 0.05) is 6.08 Å². The van der Waals surface area contributed by atoms with Gasteiger partial charge in [0.15, 0.2) is 0 Å². The van der Waals surface area contributed by atoms with E-state index in [1.54, 1.807) is 0 Å². The quantitative estimate of drug-likeness (QED) is 0.543. The van der Waals surface area contributed by atoms with Crippen molar-refractivity contribution < 1.29 is 14.4 Å². The summed E-state index contributed by atoms with van der Waals surface area (Å²) in [6.07, 6.45) is 7.21. The van der Waals surface area contributed by atoms with Gasteiger partial charge in [0.05, 0.1) is 6.04 Å². The smallest absolute Gasteiger partial charge is 0.333 e. The summed E-state index contributed by atoms with van der Waals surface area (Å²) in [5.74, 6) is -0.983. The van der Waals surface area contributed by atoms with Crippen molar-refractivity contribution in [3.05, 3.63) is 25.3 Å². The van der Waals surface area contributed by atoms with Crippen LogP contribution in [0.15, 0.2) is 25.3 Å². The van der Waals surface area contributed by atoms with Crippen molar-refractivity contribution in [2.75, 3.05) is 0 Å². The molecule has 0 aliphatic heterocycles. The van der Waals surface area contributed by atoms with E-state index in [0.29, 0.717) is 0 Å². The molecule has 4 heteroatoms. The Kier molecular flexibility index (Phi) is 4.76. The highest BCUT2D eigenvalue weighted by atomic mass is 16.7. The fraction of sp³-hybridized carbons (Fsp3) is 0.500. The van der Waals surface area contributed by atoms with Gasteiger partial charge in [-0.05, 0) is 18.9 Å². The SMILES string of the molecule is C=CC(=O)ON(C(=O)C=C)C1CCCCC1. The van der Waals surface area contributed by atoms with E-state index in [0.717, 1.165) is 42.9 Å². The van der Waals surface area contributed by atoms with E-state index in [9.17, 15) is 9.59 Å². The minimum atomic E-state index is -0.610. The van der Waals surface area contributed by atoms with Gasteiger partial charge >= 0.3 is 5.97 Å². The molecule has 1 amide bonds. The molecular weight excluding hydrogens is 206 g/mol. The Labute approximate surface area is 95.5 Å². The average Bonchev–Trinajstić information content (AvgIpc) is 2.35. The first-order chi connectivity index (χ1) is 7.69. The van der Waals surface area contributed by atoms with Crippen LogP contribution in [-0.2, 0) is 14.4 Å². The summed E-state index contributed by atoms with van der Waals surface area (Å²) in [4.78, 5) is 27.6. The van der Waals surface area contributed by atoms with E-state index < -0.39 is 5.97 Å². The molecule has 1 saturated carbocycles. The first-order valence-corrected chi connectivity index (χ1v) is 5.49. The minimum Gasteiger partial charge on any atom is -0.333 e. The fourth-order valence-electron chi connectivity index (χ4n) is 1.84. The summed E-state index contributed by atoms with van der Waals surface area (Å²) in [6.45, 7) is 6.71. The Bertz CT molecular complexity index is 293. The Morgan fingerprint density at radius 3 is 2.25 bits per heavy atom. The van der Waals surface area contributed by atoms with E-state index in [2.05, 4.69) is 13.2 Å². The molecule has 4 nitrogen and oxygen atoms in total. The summed E-state index contributed by atoms with van der Waals surface area (Å²) in [5, 5.41) is 1.14. The van der Waals surface area contributed by atoms with Gasteiger partial charge in [0.25, 0.3) is 5.91 Å². The molecule has 0 saturated heterocycles. The Hall–Kier alpha value is -1.58. The van der Waals surface area contributed by atoms with Crippen molar-refractivity contribution >= 4 is 11.9 Å². The molecule has 0 aromatic carbocycles. The Morgan fingerprint density at radius 1 is 1.12 bits per heavy atom. The number of carbonyl (C=O) groups is 2. The maximum atomic E-state index is 11.6. The third-order valence-electron chi connectivity index (χ3n) is 2.65. The van der Waals surface area contributed by atoms with Crippen LogP contribution >= 0.6 is 0 Å². The van der Waals surface area contributed by atoms with Gasteiger partial charge in [-0.2, -0.15) is 5.06 Å². The van der Waals surface area contributed by atoms with Crippen molar-refractivity contribution in [1.82, 2.24) is 5.06 Å². The van der Waals surface area contributed by atoms with Crippen LogP contribution < -0.4 is 0 Å². The topological polar surface area (TPSA) is 46.6 Å². The van der Waals surface area contributed by atoms with Crippen LogP contribution in [-0.4, -0.2) is 23.0 Å². The van der Waals surface area contributed by atoms with Crippen LogP contribution in [0.5, 0.6) is 0 Å². The summed E-state index contributed by atoms with van der Waals surface area (Å²) in [7, 11) is 0. The maximum absolute atomic E-state index is 11.6. The first-order valence-electron chi connectivity index (χ1n) is 5.49. The van der Waals surface area contributed by atoms with Crippen LogP contribution in [0.4, 0.5) is 0 Å². The van der Waals surface area contributed by atoms with Crippen LogP contribution in [0, 0.1) is 0 Å². The van der Waals surface area contributed by atoms with Crippen molar-refractivity contribution in [2.24, 2.45) is 0 Å². The predicted octanol–water partition coefficient (Wildman–Crippen LogP) is 1.98. The zero-order valence-electron chi connectivity index (χ0n) is 9.35. The second kappa shape index (κ2) is 6.10. The number of rotatable bonds is 3. The average molecular weight is 223 g/mol. The highest BCUT2D eigenvalue weighted by molar-refractivity contribution is 5.89. The van der Waals surface area contributed by atoms with Gasteiger partial charge in [-0.15, -0.1) is 0 Å². The van der Waals surface area contributed by atoms with Gasteiger partial charge < -0.3 is 4.84 Å². The lowest BCUT2D eigenvalue weighted by atomic mass is 9.95. The summed E-state index contributed by atoms with van der Waals surface area (Å²) in [5.41, 5.74) is 0. The predicted molar refractivity (Wildman–Crippen MR) is 60.2 cm³/mol. The molecule has 0 spiro atoms. The summed E-state index contributed by atoms with van der Waals surface area (Å²) < 4.78 is 0. The molecule has 1 aliphatic rings. The molecule has 0 heterocycles. The molecule has 1 aliphatic carbocycles. The number of hydrogen-bond donors (Lipinski definition) is 0. The van der Waals surface area contributed by atoms with E-state index in [1.165, 1.54) is 6.42 Å². The van der Waals surface area contributed by atoms with E-state index >= 15 is 0 Å². The third-order valence-corrected chi connectivity index (χ3v) is 2.65. The normalized spacial score (nSPS) is 16.2. The van der Waals surface area contributed by atoms with Crippen molar-refractivity contribution in [1.29, 1.82) is 0 Å². The van der Waals surface area contributed by atoms with Crippen LogP contribution in [0.1, 0.15) is 32.1 Å². The number of hydrogen-bond acceptors (Lipinski definition) is 3. The second-order valence-corrected chi connectivity index (χ2v) is 3.77. The van der Waals surface area contributed by atoms with E-state index in [1.807, 2.05) is 0 Å². The summed E-state index contributed by atoms with van der Waals surface area (Å²) in [6, 6.07) is -0.0249. The van der Waals surface area contributed by atoms with Crippen LogP contribution in [0.2, 0.25) is 0 Å². The van der Waals surface area contributed by atoms with Crippen LogP contribution in [0.3, 0.4) is 0 Å². The molecule has 1 fully saturated rings. The van der Waals surface area contributed by atoms with E-state index in [4.69, 9.17) is 4.84 Å². The molecule has 0 aromatic heterocycles. The Balaban J connectivity index is 2.68. The molecule has 88 valence electrons. The van der Waals surface area contributed by atoms with Crippen molar-refractivity contribution in [3.63, 3.8) is 0 Å². The van der Waals surface area contributed by atoms with E-state index in [-0.39, 0.29) is 11.9 Å². The minimum absolute atomic E-state index is 0.0249. The number of nitrogens with zero attached hydrogens (tertiary/aromatic N) is 1. The molecule has 1 rings (SSSR count). The number of hydroxylamine groups is 2. The molecule has 0 aromatic rings. The van der Waals surface area contributed by atoms with Crippen molar-refractivity contribution in [3.8, 4) is 0 Å². The lowest BCUT2D eigenvalue weighted by Gasteiger charge is -2.31. The largest absolute Gasteiger partial charge is 0.355 e. The summed E-state index contributed by atoms with van der Waals surface area (Å²) >= 11 is 0. The van der Waals surface area contributed by atoms with Gasteiger partial charge in [0.2, 0.25) is 0 Å². The van der Waals surface area contributed by atoms with Gasteiger partial charge in [-0.3, -0.25) is 4.79 Å². The molecule has 16 heavy (non-hydrogen) atoms. The lowest BCUT2D eigenvalue weighted by Crippen LogP contribution is -2.41. The molecule has 0 unspecified atom stereocenters. The standard InChI is InChI=1S/C12H17NO3/c1-3-11(14)13(16-12(15)4-2)10-8-6-5-7-9-10/h3-4,10H,1-2,5-9H2. The monoisotopic (exact) mass is 223 g/mol. The molecular formula is C12H17NO3. The zero-order valence-corrected chi connectivity index (χ0v) is 9.35. The first kappa shape index (κ1) is 12.5.